The van der Waals surface area contributed by atoms with Gasteiger partial charge in [-0.15, -0.1) is 0 Å². The molecule has 1 aliphatic rings. The minimum absolute atomic E-state index is 0.383. The van der Waals surface area contributed by atoms with Gasteiger partial charge in [0.15, 0.2) is 6.10 Å². The number of hydrogen-bond acceptors (Lipinski definition) is 4. The lowest BCUT2D eigenvalue weighted by molar-refractivity contribution is -0.144. The molecule has 1 aromatic heterocycles. The van der Waals surface area contributed by atoms with Gasteiger partial charge in [0.2, 0.25) is 5.88 Å². The molecule has 2 heterocycles. The number of nitrogens with zero attached hydrogens (tertiary/aromatic N) is 1. The number of pyridine rings is 1. The van der Waals surface area contributed by atoms with Crippen LogP contribution in [0.25, 0.3) is 0 Å². The zero-order valence-corrected chi connectivity index (χ0v) is 9.95. The number of aliphatic carboxylic acids is 1. The van der Waals surface area contributed by atoms with Gasteiger partial charge in [-0.2, -0.15) is 0 Å². The molecule has 3 rings (SSSR count). The van der Waals surface area contributed by atoms with Crippen LogP contribution < -0.4 is 9.47 Å². The average Bonchev–Trinajstić information content (AvgIpc) is 2.83. The van der Waals surface area contributed by atoms with Gasteiger partial charge in [-0.05, 0) is 17.7 Å². The summed E-state index contributed by atoms with van der Waals surface area (Å²) in [4.78, 5) is 14.9. The molecule has 5 nitrogen and oxygen atoms in total. The van der Waals surface area contributed by atoms with E-state index in [1.807, 2.05) is 12.1 Å². The van der Waals surface area contributed by atoms with Crippen LogP contribution in [0.2, 0.25) is 0 Å². The van der Waals surface area contributed by atoms with Gasteiger partial charge in [0.25, 0.3) is 0 Å². The molecule has 0 saturated heterocycles. The second kappa shape index (κ2) is 4.61. The summed E-state index contributed by atoms with van der Waals surface area (Å²) >= 11 is 0. The van der Waals surface area contributed by atoms with E-state index in [0.717, 1.165) is 5.56 Å². The van der Waals surface area contributed by atoms with Crippen molar-refractivity contribution in [3.63, 3.8) is 0 Å². The van der Waals surface area contributed by atoms with Crippen LogP contribution in [0.3, 0.4) is 0 Å². The monoisotopic (exact) mass is 257 g/mol. The summed E-state index contributed by atoms with van der Waals surface area (Å²) < 4.78 is 10.9. The Morgan fingerprint density at radius 3 is 3.00 bits per heavy atom. The Labute approximate surface area is 109 Å². The Bertz CT molecular complexity index is 612. The van der Waals surface area contributed by atoms with Crippen LogP contribution in [0.5, 0.6) is 17.4 Å². The van der Waals surface area contributed by atoms with Crippen molar-refractivity contribution in [1.29, 1.82) is 0 Å². The van der Waals surface area contributed by atoms with Crippen molar-refractivity contribution in [2.75, 3.05) is 0 Å². The molecule has 1 unspecified atom stereocenters. The lowest BCUT2D eigenvalue weighted by atomic mass is 10.1. The molecule has 0 fully saturated rings. The van der Waals surface area contributed by atoms with E-state index in [2.05, 4.69) is 4.98 Å². The minimum atomic E-state index is -0.955. The molecule has 0 radical (unpaired) electrons. The summed E-state index contributed by atoms with van der Waals surface area (Å²) in [6, 6.07) is 10.7. The van der Waals surface area contributed by atoms with Crippen molar-refractivity contribution in [3.05, 3.63) is 48.2 Å². The van der Waals surface area contributed by atoms with Gasteiger partial charge >= 0.3 is 5.97 Å². The van der Waals surface area contributed by atoms with E-state index in [-0.39, 0.29) is 0 Å². The molecule has 0 saturated carbocycles. The SMILES string of the molecule is O=C(O)C1Cc2ccc(Oc3ccccn3)cc2O1. The van der Waals surface area contributed by atoms with Crippen LogP contribution in [0.1, 0.15) is 5.56 Å². The zero-order chi connectivity index (χ0) is 13.2. The lowest BCUT2D eigenvalue weighted by Crippen LogP contribution is -2.24. The van der Waals surface area contributed by atoms with E-state index in [1.54, 1.807) is 30.5 Å². The zero-order valence-electron chi connectivity index (χ0n) is 9.95. The van der Waals surface area contributed by atoms with Crippen molar-refractivity contribution in [1.82, 2.24) is 4.98 Å². The molecule has 2 aromatic rings. The molecule has 5 heteroatoms. The molecule has 0 bridgehead atoms. The topological polar surface area (TPSA) is 68.7 Å². The molecule has 96 valence electrons. The average molecular weight is 257 g/mol. The fraction of sp³-hybridized carbons (Fsp3) is 0.143. The van der Waals surface area contributed by atoms with E-state index in [0.29, 0.717) is 23.8 Å². The summed E-state index contributed by atoms with van der Waals surface area (Å²) in [6.07, 6.45) is 1.22. The van der Waals surface area contributed by atoms with Gasteiger partial charge < -0.3 is 14.6 Å². The highest BCUT2D eigenvalue weighted by molar-refractivity contribution is 5.74. The highest BCUT2D eigenvalue weighted by atomic mass is 16.5. The number of aromatic nitrogens is 1. The maximum Gasteiger partial charge on any atom is 0.345 e. The van der Waals surface area contributed by atoms with Gasteiger partial charge in [-0.3, -0.25) is 0 Å². The van der Waals surface area contributed by atoms with Crippen molar-refractivity contribution in [3.8, 4) is 17.4 Å². The molecule has 1 atom stereocenters. The molecule has 1 aromatic carbocycles. The molecular weight excluding hydrogens is 246 g/mol. The first-order valence-corrected chi connectivity index (χ1v) is 5.83. The van der Waals surface area contributed by atoms with Crippen LogP contribution in [0, 0.1) is 0 Å². The van der Waals surface area contributed by atoms with Crippen LogP contribution in [-0.4, -0.2) is 22.2 Å². The predicted octanol–water partition coefficient (Wildman–Crippen LogP) is 2.26. The van der Waals surface area contributed by atoms with E-state index in [9.17, 15) is 4.79 Å². The number of hydrogen-bond donors (Lipinski definition) is 1. The van der Waals surface area contributed by atoms with E-state index in [1.165, 1.54) is 0 Å². The summed E-state index contributed by atoms with van der Waals surface area (Å²) in [5, 5.41) is 8.92. The predicted molar refractivity (Wildman–Crippen MR) is 66.5 cm³/mol. The number of carboxylic acid groups (broad SMARTS) is 1. The molecule has 1 aliphatic heterocycles. The van der Waals surface area contributed by atoms with Crippen LogP contribution in [0.4, 0.5) is 0 Å². The van der Waals surface area contributed by atoms with E-state index in [4.69, 9.17) is 14.6 Å². The van der Waals surface area contributed by atoms with Crippen LogP contribution in [0.15, 0.2) is 42.6 Å². The number of carbonyl (C=O) groups is 1. The number of fused-ring (bicyclic) bond motifs is 1. The summed E-state index contributed by atoms with van der Waals surface area (Å²) in [6.45, 7) is 0. The highest BCUT2D eigenvalue weighted by Crippen LogP contribution is 2.33. The van der Waals surface area contributed by atoms with Crippen molar-refractivity contribution >= 4 is 5.97 Å². The fourth-order valence-electron chi connectivity index (χ4n) is 1.94. The molecular formula is C14H11NO4. The quantitative estimate of drug-likeness (QED) is 0.913. The van der Waals surface area contributed by atoms with Gasteiger partial charge in [0.1, 0.15) is 11.5 Å². The first-order chi connectivity index (χ1) is 9.22. The smallest absolute Gasteiger partial charge is 0.345 e. The highest BCUT2D eigenvalue weighted by Gasteiger charge is 2.28. The Morgan fingerprint density at radius 1 is 1.37 bits per heavy atom. The van der Waals surface area contributed by atoms with Gasteiger partial charge in [-0.25, -0.2) is 9.78 Å². The third-order valence-corrected chi connectivity index (χ3v) is 2.85. The molecule has 0 aliphatic carbocycles. The Kier molecular flexibility index (Phi) is 2.79. The standard InChI is InChI=1S/C14H11NO4/c16-14(17)12-7-9-4-5-10(8-11(9)19-12)18-13-3-1-2-6-15-13/h1-6,8,12H,7H2,(H,16,17). The number of rotatable bonds is 3. The summed E-state index contributed by atoms with van der Waals surface area (Å²) in [7, 11) is 0. The van der Waals surface area contributed by atoms with Gasteiger partial charge in [0, 0.05) is 24.8 Å². The van der Waals surface area contributed by atoms with E-state index >= 15 is 0 Å². The van der Waals surface area contributed by atoms with Crippen LogP contribution in [-0.2, 0) is 11.2 Å². The number of ether oxygens (including phenoxy) is 2. The summed E-state index contributed by atoms with van der Waals surface area (Å²) in [5.41, 5.74) is 0.876. The van der Waals surface area contributed by atoms with Crippen molar-refractivity contribution < 1.29 is 19.4 Å². The van der Waals surface area contributed by atoms with Crippen LogP contribution >= 0.6 is 0 Å². The first kappa shape index (κ1) is 11.5. The maximum atomic E-state index is 10.9. The fourth-order valence-corrected chi connectivity index (χ4v) is 1.94. The number of benzene rings is 1. The Balaban J connectivity index is 1.80. The Morgan fingerprint density at radius 2 is 2.26 bits per heavy atom. The van der Waals surface area contributed by atoms with Crippen molar-refractivity contribution in [2.45, 2.75) is 12.5 Å². The molecule has 0 amide bonds. The van der Waals surface area contributed by atoms with Crippen molar-refractivity contribution in [2.24, 2.45) is 0 Å². The van der Waals surface area contributed by atoms with E-state index < -0.39 is 12.1 Å². The third kappa shape index (κ3) is 2.35. The Hall–Kier alpha value is -2.56. The first-order valence-electron chi connectivity index (χ1n) is 5.83. The molecule has 1 N–H and O–H groups in total. The maximum absolute atomic E-state index is 10.9. The van der Waals surface area contributed by atoms with Gasteiger partial charge in [0.05, 0.1) is 0 Å². The normalized spacial score (nSPS) is 16.5. The largest absolute Gasteiger partial charge is 0.478 e. The summed E-state index contributed by atoms with van der Waals surface area (Å²) in [5.74, 6) is 0.656. The molecule has 0 spiro atoms. The second-order valence-corrected chi connectivity index (χ2v) is 4.19. The lowest BCUT2D eigenvalue weighted by Gasteiger charge is -2.06. The molecule has 19 heavy (non-hydrogen) atoms. The van der Waals surface area contributed by atoms with Gasteiger partial charge in [-0.1, -0.05) is 12.1 Å². The second-order valence-electron chi connectivity index (χ2n) is 4.19. The minimum Gasteiger partial charge on any atom is -0.478 e. The third-order valence-electron chi connectivity index (χ3n) is 2.85. The number of carboxylic acids is 1.